The van der Waals surface area contributed by atoms with Crippen LogP contribution in [-0.4, -0.2) is 22.7 Å². The van der Waals surface area contributed by atoms with E-state index in [-0.39, 0.29) is 6.42 Å². The third-order valence-corrected chi connectivity index (χ3v) is 3.27. The summed E-state index contributed by atoms with van der Waals surface area (Å²) in [6.45, 7) is 0.549. The lowest BCUT2D eigenvalue weighted by atomic mass is 9.83. The summed E-state index contributed by atoms with van der Waals surface area (Å²) in [6.07, 6.45) is 0.577. The lowest BCUT2D eigenvalue weighted by Crippen LogP contribution is -2.42. The maximum atomic E-state index is 11.1. The first-order chi connectivity index (χ1) is 8.59. The van der Waals surface area contributed by atoms with E-state index >= 15 is 0 Å². The first kappa shape index (κ1) is 11.0. The van der Waals surface area contributed by atoms with Crippen molar-refractivity contribution in [2.24, 2.45) is 0 Å². The lowest BCUT2D eigenvalue weighted by Gasteiger charge is -2.41. The van der Waals surface area contributed by atoms with E-state index in [9.17, 15) is 9.59 Å². The number of ether oxygens (including phenoxy) is 1. The summed E-state index contributed by atoms with van der Waals surface area (Å²) in [5.74, 6) is -1.43. The fourth-order valence-electron chi connectivity index (χ4n) is 2.30. The molecule has 0 amide bonds. The number of aromatic amines is 1. The van der Waals surface area contributed by atoms with E-state index in [2.05, 4.69) is 4.98 Å². The van der Waals surface area contributed by atoms with Gasteiger partial charge >= 0.3 is 11.7 Å². The summed E-state index contributed by atoms with van der Waals surface area (Å²) in [5, 5.41) is 8.94. The number of benzene rings is 1. The van der Waals surface area contributed by atoms with E-state index in [0.29, 0.717) is 24.1 Å². The van der Waals surface area contributed by atoms with Crippen LogP contribution in [-0.2, 0) is 15.1 Å². The minimum absolute atomic E-state index is 0.0827. The molecule has 18 heavy (non-hydrogen) atoms. The van der Waals surface area contributed by atoms with Crippen LogP contribution in [0.15, 0.2) is 27.4 Å². The number of oxazole rings is 1. The Kier molecular flexibility index (Phi) is 2.27. The van der Waals surface area contributed by atoms with Gasteiger partial charge in [-0.25, -0.2) is 4.79 Å². The largest absolute Gasteiger partial charge is 0.481 e. The molecule has 1 unspecified atom stereocenters. The van der Waals surface area contributed by atoms with Gasteiger partial charge in [-0.05, 0) is 17.7 Å². The Morgan fingerprint density at radius 1 is 1.50 bits per heavy atom. The molecule has 94 valence electrons. The fraction of sp³-hybridized carbons (Fsp3) is 0.333. The average molecular weight is 249 g/mol. The van der Waals surface area contributed by atoms with Crippen molar-refractivity contribution >= 4 is 17.1 Å². The number of hydrogen-bond donors (Lipinski definition) is 2. The molecule has 1 aromatic carbocycles. The minimum Gasteiger partial charge on any atom is -0.481 e. The van der Waals surface area contributed by atoms with Gasteiger partial charge in [-0.3, -0.25) is 9.78 Å². The number of H-pyrrole nitrogens is 1. The molecule has 0 radical (unpaired) electrons. The maximum absolute atomic E-state index is 11.1. The molecule has 1 saturated heterocycles. The molecule has 2 heterocycles. The van der Waals surface area contributed by atoms with Gasteiger partial charge in [-0.15, -0.1) is 0 Å². The predicted molar refractivity (Wildman–Crippen MR) is 61.3 cm³/mol. The van der Waals surface area contributed by atoms with Gasteiger partial charge in [0, 0.05) is 6.42 Å². The second-order valence-electron chi connectivity index (χ2n) is 4.39. The second-order valence-corrected chi connectivity index (χ2v) is 4.39. The number of carboxylic acids is 1. The molecular formula is C12H11NO5. The number of carboxylic acid groups (broad SMARTS) is 1. The first-order valence-corrected chi connectivity index (χ1v) is 5.58. The summed E-state index contributed by atoms with van der Waals surface area (Å²) in [7, 11) is 0. The Labute approximate surface area is 101 Å². The summed E-state index contributed by atoms with van der Waals surface area (Å²) in [4.78, 5) is 24.5. The van der Waals surface area contributed by atoms with E-state index < -0.39 is 17.3 Å². The second kappa shape index (κ2) is 3.71. The van der Waals surface area contributed by atoms with Gasteiger partial charge in [-0.2, -0.15) is 0 Å². The van der Waals surface area contributed by atoms with E-state index in [1.165, 1.54) is 0 Å². The predicted octanol–water partition coefficient (Wildman–Crippen LogP) is 1.21. The number of hydrogen-bond acceptors (Lipinski definition) is 4. The Morgan fingerprint density at radius 2 is 2.28 bits per heavy atom. The normalized spacial score (nSPS) is 22.9. The lowest BCUT2D eigenvalue weighted by molar-refractivity contribution is -0.176. The molecule has 1 aromatic heterocycles. The van der Waals surface area contributed by atoms with Crippen LogP contribution in [0.2, 0.25) is 0 Å². The smallest absolute Gasteiger partial charge is 0.417 e. The fourth-order valence-corrected chi connectivity index (χ4v) is 2.30. The van der Waals surface area contributed by atoms with Crippen molar-refractivity contribution in [1.29, 1.82) is 0 Å². The van der Waals surface area contributed by atoms with E-state index in [0.717, 1.165) is 5.56 Å². The van der Waals surface area contributed by atoms with Crippen molar-refractivity contribution in [1.82, 2.24) is 4.98 Å². The zero-order valence-electron chi connectivity index (χ0n) is 9.43. The van der Waals surface area contributed by atoms with Crippen molar-refractivity contribution in [3.05, 3.63) is 34.3 Å². The Bertz CT molecular complexity index is 664. The van der Waals surface area contributed by atoms with Gasteiger partial charge in [0.25, 0.3) is 0 Å². The third-order valence-electron chi connectivity index (χ3n) is 3.27. The molecule has 2 N–H and O–H groups in total. The summed E-state index contributed by atoms with van der Waals surface area (Å²) >= 11 is 0. The molecule has 1 fully saturated rings. The van der Waals surface area contributed by atoms with Crippen molar-refractivity contribution in [3.8, 4) is 0 Å². The van der Waals surface area contributed by atoms with Crippen LogP contribution in [0, 0.1) is 0 Å². The van der Waals surface area contributed by atoms with Gasteiger partial charge in [0.15, 0.2) is 5.58 Å². The van der Waals surface area contributed by atoms with Crippen molar-refractivity contribution in [2.45, 2.75) is 18.4 Å². The zero-order chi connectivity index (χ0) is 12.8. The highest BCUT2D eigenvalue weighted by atomic mass is 16.5. The van der Waals surface area contributed by atoms with E-state index in [4.69, 9.17) is 14.3 Å². The van der Waals surface area contributed by atoms with Gasteiger partial charge in [0.1, 0.15) is 5.60 Å². The highest BCUT2D eigenvalue weighted by molar-refractivity contribution is 5.74. The van der Waals surface area contributed by atoms with E-state index in [1.54, 1.807) is 18.2 Å². The van der Waals surface area contributed by atoms with Crippen LogP contribution < -0.4 is 5.76 Å². The highest BCUT2D eigenvalue weighted by Gasteiger charge is 2.42. The van der Waals surface area contributed by atoms with Crippen LogP contribution >= 0.6 is 0 Å². The third kappa shape index (κ3) is 1.62. The summed E-state index contributed by atoms with van der Waals surface area (Å²) in [6, 6.07) is 5.09. The standard InChI is InChI=1S/C12H11NO5/c14-10(15)6-12(3-4-17-12)7-1-2-9-8(5-7)13-11(16)18-9/h1-2,5H,3-4,6H2,(H,13,16)(H,14,15). The van der Waals surface area contributed by atoms with Crippen LogP contribution in [0.3, 0.4) is 0 Å². The minimum atomic E-state index is -0.907. The van der Waals surface area contributed by atoms with Gasteiger partial charge in [0.2, 0.25) is 0 Å². The number of rotatable bonds is 3. The number of nitrogens with one attached hydrogen (secondary N) is 1. The van der Waals surface area contributed by atoms with E-state index in [1.807, 2.05) is 0 Å². The van der Waals surface area contributed by atoms with Gasteiger partial charge < -0.3 is 14.3 Å². The maximum Gasteiger partial charge on any atom is 0.417 e. The topological polar surface area (TPSA) is 92.5 Å². The number of aromatic nitrogens is 1. The monoisotopic (exact) mass is 249 g/mol. The quantitative estimate of drug-likeness (QED) is 0.852. The Hall–Kier alpha value is -2.08. The van der Waals surface area contributed by atoms with Gasteiger partial charge in [-0.1, -0.05) is 6.07 Å². The summed E-state index contributed by atoms with van der Waals surface area (Å²) in [5.41, 5.74) is 0.987. The number of fused-ring (bicyclic) bond motifs is 1. The van der Waals surface area contributed by atoms with Crippen LogP contribution in [0.5, 0.6) is 0 Å². The Balaban J connectivity index is 2.06. The van der Waals surface area contributed by atoms with Gasteiger partial charge in [0.05, 0.1) is 18.5 Å². The van der Waals surface area contributed by atoms with Crippen molar-refractivity contribution in [3.63, 3.8) is 0 Å². The van der Waals surface area contributed by atoms with Crippen LogP contribution in [0.4, 0.5) is 0 Å². The summed E-state index contributed by atoms with van der Waals surface area (Å²) < 4.78 is 10.4. The van der Waals surface area contributed by atoms with Crippen molar-refractivity contribution < 1.29 is 19.1 Å². The molecule has 1 aliphatic rings. The molecule has 1 atom stereocenters. The SMILES string of the molecule is O=C(O)CC1(c2ccc3oc(=O)[nH]c3c2)CCO1. The first-order valence-electron chi connectivity index (χ1n) is 5.58. The molecule has 3 rings (SSSR count). The molecule has 0 bridgehead atoms. The highest BCUT2D eigenvalue weighted by Crippen LogP contribution is 2.41. The average Bonchev–Trinajstić information content (AvgIpc) is 2.62. The molecule has 1 aliphatic heterocycles. The molecule has 0 aliphatic carbocycles. The number of aliphatic carboxylic acids is 1. The molecule has 2 aromatic rings. The molecule has 0 saturated carbocycles. The Morgan fingerprint density at radius 3 is 2.89 bits per heavy atom. The molecule has 0 spiro atoms. The van der Waals surface area contributed by atoms with Crippen LogP contribution in [0.25, 0.3) is 11.1 Å². The number of carbonyl (C=O) groups is 1. The zero-order valence-corrected chi connectivity index (χ0v) is 9.43. The molecule has 6 nitrogen and oxygen atoms in total. The van der Waals surface area contributed by atoms with Crippen LogP contribution in [0.1, 0.15) is 18.4 Å². The molecular weight excluding hydrogens is 238 g/mol. The van der Waals surface area contributed by atoms with Crippen molar-refractivity contribution in [2.75, 3.05) is 6.61 Å². The molecule has 6 heteroatoms.